The zero-order valence-electron chi connectivity index (χ0n) is 26.3. The molecule has 7 rings (SSSR count). The van der Waals surface area contributed by atoms with Gasteiger partial charge in [-0.05, 0) is 41.1 Å². The summed E-state index contributed by atoms with van der Waals surface area (Å²) in [6.07, 6.45) is 0. The summed E-state index contributed by atoms with van der Waals surface area (Å²) in [5.74, 6) is -3.04. The summed E-state index contributed by atoms with van der Waals surface area (Å²) < 4.78 is 0. The highest BCUT2D eigenvalue weighted by molar-refractivity contribution is 6.36. The van der Waals surface area contributed by atoms with Crippen LogP contribution in [0.25, 0.3) is 21.5 Å². The number of nitrogens with zero attached hydrogens (tertiary/aromatic N) is 4. The minimum Gasteiger partial charge on any atom is -0.351 e. The zero-order valence-corrected chi connectivity index (χ0v) is 27.1. The third-order valence-corrected chi connectivity index (χ3v) is 8.63. The highest BCUT2D eigenvalue weighted by atomic mass is 35.5. The molecule has 0 fully saturated rings. The maximum absolute atomic E-state index is 13.5. The van der Waals surface area contributed by atoms with E-state index in [1.54, 1.807) is 30.3 Å². The Balaban J connectivity index is 0.00000448. The van der Waals surface area contributed by atoms with Crippen LogP contribution < -0.4 is 15.5 Å². The van der Waals surface area contributed by atoms with Crippen LogP contribution in [-0.2, 0) is 0 Å². The average molecular weight is 709 g/mol. The molecule has 2 heterocycles. The number of nitro groups is 2. The first kappa shape index (κ1) is 34.3. The van der Waals surface area contributed by atoms with Crippen LogP contribution >= 0.6 is 12.4 Å². The van der Waals surface area contributed by atoms with E-state index in [0.29, 0.717) is 21.5 Å². The summed E-state index contributed by atoms with van der Waals surface area (Å²) in [6, 6.07) is 20.3. The number of anilines is 1. The first-order chi connectivity index (χ1) is 24.0. The van der Waals surface area contributed by atoms with Crippen LogP contribution in [0, 0.1) is 20.2 Å². The Hall–Kier alpha value is -6.58. The van der Waals surface area contributed by atoms with Crippen molar-refractivity contribution < 1.29 is 33.8 Å². The molecule has 0 aliphatic carbocycles. The predicted molar refractivity (Wildman–Crippen MR) is 187 cm³/mol. The first-order valence-corrected chi connectivity index (χ1v) is 15.3. The van der Waals surface area contributed by atoms with E-state index in [2.05, 4.69) is 10.6 Å². The molecule has 256 valence electrons. The minimum absolute atomic E-state index is 0. The molecule has 0 spiro atoms. The first-order valence-electron chi connectivity index (χ1n) is 15.3. The molecule has 5 aromatic carbocycles. The second kappa shape index (κ2) is 13.4. The van der Waals surface area contributed by atoms with Gasteiger partial charge in [0.25, 0.3) is 40.9 Å². The van der Waals surface area contributed by atoms with Crippen molar-refractivity contribution in [2.24, 2.45) is 0 Å². The number of benzene rings is 5. The van der Waals surface area contributed by atoms with E-state index in [0.717, 1.165) is 15.9 Å². The molecule has 0 unspecified atom stereocenters. The zero-order chi connectivity index (χ0) is 35.3. The van der Waals surface area contributed by atoms with Gasteiger partial charge in [-0.1, -0.05) is 30.3 Å². The standard InChI is InChI=1S/C35H24N6O9.ClH/c42-31(37-11-10-36-12-13-38-32(43)25-8-2-4-19-14-23(40(47)48)17-27(29(19)25)33(38)44)21-6-1-7-22(16-21)39-34(45)26-9-3-5-20-15-24(41(49)50)18-28(30(20)26)35(39)46;/h1-9,14-18,36H,10-13H2,(H,37,42);1H. The van der Waals surface area contributed by atoms with Crippen LogP contribution in [0.4, 0.5) is 17.1 Å². The molecule has 16 heteroatoms. The van der Waals surface area contributed by atoms with Crippen LogP contribution in [-0.4, -0.2) is 70.5 Å². The predicted octanol–water partition coefficient (Wildman–Crippen LogP) is 4.65. The molecule has 0 radical (unpaired) electrons. The Bertz CT molecular complexity index is 2380. The molecule has 5 aromatic rings. The van der Waals surface area contributed by atoms with E-state index in [1.165, 1.54) is 48.5 Å². The number of halogens is 1. The van der Waals surface area contributed by atoms with Crippen molar-refractivity contribution in [3.8, 4) is 0 Å². The summed E-state index contributed by atoms with van der Waals surface area (Å²) in [5.41, 5.74) is 0.263. The van der Waals surface area contributed by atoms with E-state index in [9.17, 15) is 44.2 Å². The molecule has 2 N–H and O–H groups in total. The van der Waals surface area contributed by atoms with Gasteiger partial charge in [0, 0.05) is 77.9 Å². The minimum atomic E-state index is -0.756. The van der Waals surface area contributed by atoms with Crippen molar-refractivity contribution in [2.45, 2.75) is 0 Å². The fourth-order valence-electron chi connectivity index (χ4n) is 6.35. The second-order valence-electron chi connectivity index (χ2n) is 11.6. The summed E-state index contributed by atoms with van der Waals surface area (Å²) in [5, 5.41) is 30.2. The van der Waals surface area contributed by atoms with Gasteiger partial charge in [-0.15, -0.1) is 12.4 Å². The van der Waals surface area contributed by atoms with Crippen LogP contribution in [0.2, 0.25) is 0 Å². The summed E-state index contributed by atoms with van der Waals surface area (Å²) in [6.45, 7) is 0.542. The quantitative estimate of drug-likeness (QED) is 0.0890. The lowest BCUT2D eigenvalue weighted by Gasteiger charge is -2.27. The Morgan fingerprint density at radius 1 is 0.627 bits per heavy atom. The Morgan fingerprint density at radius 2 is 1.16 bits per heavy atom. The molecule has 51 heavy (non-hydrogen) atoms. The SMILES string of the molecule is Cl.O=C(NCCNCCN1C(=O)c2cccc3cc([N+](=O)[O-])cc(c23)C1=O)c1cccc(N2C(=O)c3cccc4cc([N+](=O)[O-])cc(c34)C2=O)c1. The number of carbonyl (C=O) groups is 5. The van der Waals surface area contributed by atoms with Crippen molar-refractivity contribution in [3.63, 3.8) is 0 Å². The molecular formula is C35H25ClN6O9. The highest BCUT2D eigenvalue weighted by Crippen LogP contribution is 2.36. The molecule has 2 aliphatic heterocycles. The van der Waals surface area contributed by atoms with Gasteiger partial charge in [0.05, 0.1) is 26.7 Å². The topological polar surface area (TPSA) is 202 Å². The maximum atomic E-state index is 13.5. The van der Waals surface area contributed by atoms with Gasteiger partial charge in [0.15, 0.2) is 0 Å². The van der Waals surface area contributed by atoms with E-state index in [1.807, 2.05) is 0 Å². The number of carbonyl (C=O) groups excluding carboxylic acids is 5. The van der Waals surface area contributed by atoms with Crippen molar-refractivity contribution >= 4 is 80.5 Å². The third-order valence-electron chi connectivity index (χ3n) is 8.63. The molecule has 15 nitrogen and oxygen atoms in total. The number of nitro benzene ring substituents is 2. The molecule has 2 aliphatic rings. The molecule has 0 saturated heterocycles. The molecule has 5 amide bonds. The lowest BCUT2D eigenvalue weighted by molar-refractivity contribution is -0.384. The molecule has 0 saturated carbocycles. The number of non-ortho nitro benzene ring substituents is 2. The van der Waals surface area contributed by atoms with Gasteiger partial charge >= 0.3 is 0 Å². The molecule has 0 atom stereocenters. The monoisotopic (exact) mass is 708 g/mol. The number of amides is 5. The van der Waals surface area contributed by atoms with Gasteiger partial charge in [0.1, 0.15) is 0 Å². The fraction of sp³-hybridized carbons (Fsp3) is 0.114. The highest BCUT2D eigenvalue weighted by Gasteiger charge is 2.36. The van der Waals surface area contributed by atoms with Crippen LogP contribution in [0.15, 0.2) is 84.9 Å². The number of imide groups is 2. The second-order valence-corrected chi connectivity index (χ2v) is 11.6. The fourth-order valence-corrected chi connectivity index (χ4v) is 6.35. The Kier molecular flexibility index (Phi) is 8.99. The average Bonchev–Trinajstić information content (AvgIpc) is 3.11. The molecule has 0 bridgehead atoms. The lowest BCUT2D eigenvalue weighted by Crippen LogP contribution is -2.44. The largest absolute Gasteiger partial charge is 0.351 e. The number of rotatable bonds is 10. The van der Waals surface area contributed by atoms with E-state index < -0.39 is 39.4 Å². The van der Waals surface area contributed by atoms with Gasteiger partial charge in [-0.25, -0.2) is 4.90 Å². The number of nitrogens with one attached hydrogen (secondary N) is 2. The molecular weight excluding hydrogens is 684 g/mol. The van der Waals surface area contributed by atoms with E-state index in [4.69, 9.17) is 0 Å². The Labute approximate surface area is 293 Å². The van der Waals surface area contributed by atoms with Crippen molar-refractivity contribution in [1.82, 2.24) is 15.5 Å². The van der Waals surface area contributed by atoms with Gasteiger partial charge in [0.2, 0.25) is 0 Å². The van der Waals surface area contributed by atoms with Crippen molar-refractivity contribution in [1.29, 1.82) is 0 Å². The summed E-state index contributed by atoms with van der Waals surface area (Å²) in [4.78, 5) is 90.0. The smallest absolute Gasteiger partial charge is 0.270 e. The van der Waals surface area contributed by atoms with Gasteiger partial charge in [-0.2, -0.15) is 0 Å². The summed E-state index contributed by atoms with van der Waals surface area (Å²) >= 11 is 0. The van der Waals surface area contributed by atoms with E-state index >= 15 is 0 Å². The molecule has 0 aromatic heterocycles. The van der Waals surface area contributed by atoms with Crippen LogP contribution in [0.1, 0.15) is 51.8 Å². The lowest BCUT2D eigenvalue weighted by atomic mass is 9.93. The van der Waals surface area contributed by atoms with Crippen LogP contribution in [0.3, 0.4) is 0 Å². The van der Waals surface area contributed by atoms with Crippen LogP contribution in [0.5, 0.6) is 0 Å². The summed E-state index contributed by atoms with van der Waals surface area (Å²) in [7, 11) is 0. The normalized spacial score (nSPS) is 13.4. The van der Waals surface area contributed by atoms with E-state index in [-0.39, 0.29) is 83.5 Å². The number of hydrogen-bond donors (Lipinski definition) is 2. The van der Waals surface area contributed by atoms with Crippen molar-refractivity contribution in [3.05, 3.63) is 133 Å². The van der Waals surface area contributed by atoms with Gasteiger partial charge in [-0.3, -0.25) is 49.1 Å². The van der Waals surface area contributed by atoms with Gasteiger partial charge < -0.3 is 10.6 Å². The third kappa shape index (κ3) is 5.89. The Morgan fingerprint density at radius 3 is 1.76 bits per heavy atom. The maximum Gasteiger partial charge on any atom is 0.270 e. The number of hydrogen-bond acceptors (Lipinski definition) is 10. The van der Waals surface area contributed by atoms with Crippen molar-refractivity contribution in [2.75, 3.05) is 31.1 Å².